The van der Waals surface area contributed by atoms with Crippen molar-refractivity contribution >= 4 is 5.69 Å². The zero-order chi connectivity index (χ0) is 9.38. The highest BCUT2D eigenvalue weighted by Gasteiger charge is 2.29. The van der Waals surface area contributed by atoms with Crippen LogP contribution in [-0.4, -0.2) is 23.3 Å². The summed E-state index contributed by atoms with van der Waals surface area (Å²) in [7, 11) is 0. The van der Waals surface area contributed by atoms with Gasteiger partial charge in [0.2, 0.25) is 0 Å². The summed E-state index contributed by atoms with van der Waals surface area (Å²) in [6.45, 7) is 2.49. The van der Waals surface area contributed by atoms with Crippen LogP contribution in [0.1, 0.15) is 25.7 Å². The molecule has 1 aromatic heterocycles. The molecule has 3 rings (SSSR count). The van der Waals surface area contributed by atoms with Crippen molar-refractivity contribution in [2.75, 3.05) is 18.0 Å². The van der Waals surface area contributed by atoms with E-state index in [1.165, 1.54) is 44.5 Å². The van der Waals surface area contributed by atoms with Crippen molar-refractivity contribution in [1.29, 1.82) is 0 Å². The largest absolute Gasteiger partial charge is 0.368 e. The standard InChI is InChI=1S/C11H17N3/c1-2-9(1)7-14(8-10-3-4-10)11-5-12-13-6-11/h5-6,9-10H,1-4,7-8H2,(H,12,13). The summed E-state index contributed by atoms with van der Waals surface area (Å²) in [5.74, 6) is 1.92. The first kappa shape index (κ1) is 8.33. The summed E-state index contributed by atoms with van der Waals surface area (Å²) in [6, 6.07) is 0. The molecule has 2 aliphatic rings. The Kier molecular flexibility index (Phi) is 1.96. The quantitative estimate of drug-likeness (QED) is 0.772. The van der Waals surface area contributed by atoms with Crippen LogP contribution in [-0.2, 0) is 0 Å². The number of aromatic amines is 1. The van der Waals surface area contributed by atoms with Gasteiger partial charge < -0.3 is 4.90 Å². The molecule has 2 saturated carbocycles. The van der Waals surface area contributed by atoms with Gasteiger partial charge in [-0.25, -0.2) is 0 Å². The highest BCUT2D eigenvalue weighted by molar-refractivity contribution is 5.42. The lowest BCUT2D eigenvalue weighted by molar-refractivity contribution is 0.679. The zero-order valence-corrected chi connectivity index (χ0v) is 8.45. The van der Waals surface area contributed by atoms with E-state index in [1.807, 2.05) is 12.4 Å². The summed E-state index contributed by atoms with van der Waals surface area (Å²) >= 11 is 0. The van der Waals surface area contributed by atoms with Crippen LogP contribution >= 0.6 is 0 Å². The van der Waals surface area contributed by atoms with Crippen LogP contribution in [0.2, 0.25) is 0 Å². The van der Waals surface area contributed by atoms with E-state index in [0.29, 0.717) is 0 Å². The van der Waals surface area contributed by atoms with Crippen LogP contribution in [0.4, 0.5) is 5.69 Å². The Bertz CT molecular complexity index is 271. The number of rotatable bonds is 5. The second kappa shape index (κ2) is 3.30. The van der Waals surface area contributed by atoms with E-state index in [0.717, 1.165) is 11.8 Å². The number of H-pyrrole nitrogens is 1. The second-order valence-corrected chi connectivity index (χ2v) is 4.75. The van der Waals surface area contributed by atoms with E-state index in [-0.39, 0.29) is 0 Å². The van der Waals surface area contributed by atoms with Gasteiger partial charge >= 0.3 is 0 Å². The molecule has 0 spiro atoms. The fraction of sp³-hybridized carbons (Fsp3) is 0.727. The predicted octanol–water partition coefficient (Wildman–Crippen LogP) is 2.04. The number of hydrogen-bond acceptors (Lipinski definition) is 2. The van der Waals surface area contributed by atoms with Gasteiger partial charge in [-0.2, -0.15) is 5.10 Å². The fourth-order valence-electron chi connectivity index (χ4n) is 1.93. The van der Waals surface area contributed by atoms with Crippen LogP contribution in [0.25, 0.3) is 0 Å². The van der Waals surface area contributed by atoms with Gasteiger partial charge in [0.1, 0.15) is 0 Å². The highest BCUT2D eigenvalue weighted by Crippen LogP contribution is 2.35. The minimum absolute atomic E-state index is 0.962. The SMILES string of the molecule is c1n[nH]cc1N(CC1CC1)CC1CC1. The Morgan fingerprint density at radius 1 is 1.21 bits per heavy atom. The average Bonchev–Trinajstić information content (AvgIpc) is 3.10. The van der Waals surface area contributed by atoms with E-state index >= 15 is 0 Å². The Morgan fingerprint density at radius 2 is 1.86 bits per heavy atom. The molecule has 0 radical (unpaired) electrons. The average molecular weight is 191 g/mol. The molecule has 0 atom stereocenters. The van der Waals surface area contributed by atoms with Crippen LogP contribution < -0.4 is 4.90 Å². The zero-order valence-electron chi connectivity index (χ0n) is 8.45. The maximum Gasteiger partial charge on any atom is 0.0749 e. The Hall–Kier alpha value is -0.990. The molecule has 2 aliphatic carbocycles. The van der Waals surface area contributed by atoms with Gasteiger partial charge in [0.25, 0.3) is 0 Å². The van der Waals surface area contributed by atoms with Crippen molar-refractivity contribution in [3.8, 4) is 0 Å². The summed E-state index contributed by atoms with van der Waals surface area (Å²) in [4.78, 5) is 2.51. The van der Waals surface area contributed by atoms with Crippen molar-refractivity contribution in [1.82, 2.24) is 10.2 Å². The molecule has 1 N–H and O–H groups in total. The lowest BCUT2D eigenvalue weighted by Gasteiger charge is -2.22. The molecule has 0 bridgehead atoms. The Balaban J connectivity index is 1.65. The number of nitrogens with one attached hydrogen (secondary N) is 1. The maximum absolute atomic E-state index is 4.03. The molecule has 14 heavy (non-hydrogen) atoms. The number of hydrogen-bond donors (Lipinski definition) is 1. The van der Waals surface area contributed by atoms with E-state index < -0.39 is 0 Å². The number of aromatic nitrogens is 2. The first-order valence-electron chi connectivity index (χ1n) is 5.65. The normalized spacial score (nSPS) is 21.1. The monoisotopic (exact) mass is 191 g/mol. The fourth-order valence-corrected chi connectivity index (χ4v) is 1.93. The molecule has 76 valence electrons. The van der Waals surface area contributed by atoms with Crippen LogP contribution in [0.3, 0.4) is 0 Å². The van der Waals surface area contributed by atoms with Gasteiger partial charge in [0, 0.05) is 19.3 Å². The Labute approximate surface area is 84.5 Å². The highest BCUT2D eigenvalue weighted by atomic mass is 15.2. The van der Waals surface area contributed by atoms with Crippen molar-refractivity contribution in [2.45, 2.75) is 25.7 Å². The van der Waals surface area contributed by atoms with Crippen molar-refractivity contribution in [2.24, 2.45) is 11.8 Å². The molecule has 0 saturated heterocycles. The topological polar surface area (TPSA) is 31.9 Å². The van der Waals surface area contributed by atoms with Crippen LogP contribution in [0, 0.1) is 11.8 Å². The lowest BCUT2D eigenvalue weighted by atomic mass is 10.3. The van der Waals surface area contributed by atoms with E-state index in [9.17, 15) is 0 Å². The van der Waals surface area contributed by atoms with E-state index in [2.05, 4.69) is 15.1 Å². The van der Waals surface area contributed by atoms with E-state index in [4.69, 9.17) is 0 Å². The molecule has 0 aromatic carbocycles. The van der Waals surface area contributed by atoms with Gasteiger partial charge in [-0.15, -0.1) is 0 Å². The van der Waals surface area contributed by atoms with Crippen LogP contribution in [0.5, 0.6) is 0 Å². The minimum Gasteiger partial charge on any atom is -0.368 e. The molecule has 0 unspecified atom stereocenters. The van der Waals surface area contributed by atoms with Crippen molar-refractivity contribution < 1.29 is 0 Å². The molecule has 0 aliphatic heterocycles. The van der Waals surface area contributed by atoms with Gasteiger partial charge in [-0.1, -0.05) is 0 Å². The summed E-state index contributed by atoms with van der Waals surface area (Å²) in [5, 5.41) is 6.94. The number of nitrogens with zero attached hydrogens (tertiary/aromatic N) is 2. The third kappa shape index (κ3) is 1.91. The van der Waals surface area contributed by atoms with Crippen LogP contribution in [0.15, 0.2) is 12.4 Å². The van der Waals surface area contributed by atoms with E-state index in [1.54, 1.807) is 0 Å². The van der Waals surface area contributed by atoms with Gasteiger partial charge in [0.15, 0.2) is 0 Å². The van der Waals surface area contributed by atoms with Crippen molar-refractivity contribution in [3.63, 3.8) is 0 Å². The van der Waals surface area contributed by atoms with Crippen molar-refractivity contribution in [3.05, 3.63) is 12.4 Å². The molecular weight excluding hydrogens is 174 g/mol. The number of anilines is 1. The Morgan fingerprint density at radius 3 is 2.29 bits per heavy atom. The first-order valence-corrected chi connectivity index (χ1v) is 5.65. The van der Waals surface area contributed by atoms with Gasteiger partial charge in [-0.05, 0) is 37.5 Å². The molecule has 1 heterocycles. The lowest BCUT2D eigenvalue weighted by Crippen LogP contribution is -2.27. The molecule has 0 amide bonds. The minimum atomic E-state index is 0.962. The summed E-state index contributed by atoms with van der Waals surface area (Å²) in [5.41, 5.74) is 1.28. The molecule has 2 fully saturated rings. The first-order chi connectivity index (χ1) is 6.92. The van der Waals surface area contributed by atoms with Gasteiger partial charge in [-0.3, -0.25) is 5.10 Å². The second-order valence-electron chi connectivity index (χ2n) is 4.75. The summed E-state index contributed by atoms with van der Waals surface area (Å²) < 4.78 is 0. The third-order valence-electron chi connectivity index (χ3n) is 3.20. The molecule has 3 nitrogen and oxygen atoms in total. The smallest absolute Gasteiger partial charge is 0.0749 e. The summed E-state index contributed by atoms with van der Waals surface area (Å²) in [6.07, 6.45) is 9.69. The predicted molar refractivity (Wildman–Crippen MR) is 56.2 cm³/mol. The third-order valence-corrected chi connectivity index (χ3v) is 3.20. The molecular formula is C11H17N3. The molecule has 1 aromatic rings. The van der Waals surface area contributed by atoms with Gasteiger partial charge in [0.05, 0.1) is 11.9 Å². The maximum atomic E-state index is 4.03. The molecule has 3 heteroatoms.